The maximum absolute atomic E-state index is 13.7. The Bertz CT molecular complexity index is 799. The van der Waals surface area contributed by atoms with Crippen molar-refractivity contribution in [3.63, 3.8) is 0 Å². The highest BCUT2D eigenvalue weighted by molar-refractivity contribution is 5.84. The molecule has 0 atom stereocenters. The molecule has 0 aliphatic heterocycles. The Hall–Kier alpha value is -2.77. The van der Waals surface area contributed by atoms with Gasteiger partial charge in [-0.2, -0.15) is 0 Å². The van der Waals surface area contributed by atoms with E-state index in [4.69, 9.17) is 5.11 Å². The topological polar surface area (TPSA) is 97.1 Å². The molecule has 0 radical (unpaired) electrons. The molecule has 138 valence electrons. The number of aromatic nitrogens is 3. The van der Waals surface area contributed by atoms with E-state index in [2.05, 4.69) is 15.6 Å². The zero-order valence-electron chi connectivity index (χ0n) is 14.3. The molecule has 1 aliphatic carbocycles. The van der Waals surface area contributed by atoms with E-state index in [1.54, 1.807) is 12.1 Å². The average molecular weight is 360 g/mol. The zero-order chi connectivity index (χ0) is 18.6. The first-order valence-corrected chi connectivity index (χ1v) is 8.65. The van der Waals surface area contributed by atoms with Crippen molar-refractivity contribution >= 4 is 11.9 Å². The van der Waals surface area contributed by atoms with Crippen LogP contribution in [-0.2, 0) is 16.8 Å². The Morgan fingerprint density at radius 3 is 2.69 bits per heavy atom. The van der Waals surface area contributed by atoms with Gasteiger partial charge in [0.05, 0.1) is 6.20 Å². The van der Waals surface area contributed by atoms with Crippen LogP contribution in [0.4, 0.5) is 4.39 Å². The summed E-state index contributed by atoms with van der Waals surface area (Å²) < 4.78 is 14.9. The second-order valence-corrected chi connectivity index (χ2v) is 6.73. The lowest BCUT2D eigenvalue weighted by atomic mass is 9.69. The van der Waals surface area contributed by atoms with E-state index in [1.807, 2.05) is 6.07 Å². The molecule has 7 nitrogen and oxygen atoms in total. The average Bonchev–Trinajstić information content (AvgIpc) is 3.10. The standard InChI is InChI=1S/C18H21FN4O3/c19-14-6-4-5-13(9-14)18(7-2-1-3-8-18)12-20-16(24)11-23-10-15(17(25)26)21-22-23/h4-6,9-10H,1-3,7-8,11-12H2,(H,20,24)(H,25,26). The molecule has 3 rings (SSSR count). The fourth-order valence-electron chi connectivity index (χ4n) is 3.56. The van der Waals surface area contributed by atoms with Crippen molar-refractivity contribution in [2.75, 3.05) is 6.54 Å². The molecule has 2 N–H and O–H groups in total. The third kappa shape index (κ3) is 4.07. The molecular formula is C18H21FN4O3. The van der Waals surface area contributed by atoms with E-state index in [-0.39, 0.29) is 29.4 Å². The van der Waals surface area contributed by atoms with Crippen LogP contribution in [-0.4, -0.2) is 38.5 Å². The molecule has 2 aromatic rings. The molecule has 0 spiro atoms. The number of rotatable bonds is 6. The molecule has 1 heterocycles. The summed E-state index contributed by atoms with van der Waals surface area (Å²) in [6.07, 6.45) is 6.22. The second-order valence-electron chi connectivity index (χ2n) is 6.73. The lowest BCUT2D eigenvalue weighted by molar-refractivity contribution is -0.122. The van der Waals surface area contributed by atoms with E-state index in [0.29, 0.717) is 6.54 Å². The number of benzene rings is 1. The fourth-order valence-corrected chi connectivity index (χ4v) is 3.56. The molecule has 26 heavy (non-hydrogen) atoms. The molecule has 0 saturated heterocycles. The van der Waals surface area contributed by atoms with Crippen LogP contribution in [0.5, 0.6) is 0 Å². The van der Waals surface area contributed by atoms with E-state index < -0.39 is 5.97 Å². The van der Waals surface area contributed by atoms with Crippen molar-refractivity contribution in [1.29, 1.82) is 0 Å². The highest BCUT2D eigenvalue weighted by atomic mass is 19.1. The van der Waals surface area contributed by atoms with Gasteiger partial charge in [-0.3, -0.25) is 4.79 Å². The zero-order valence-corrected chi connectivity index (χ0v) is 14.3. The Labute approximate surface area is 150 Å². The smallest absolute Gasteiger partial charge is 0.358 e. The molecule has 1 aromatic heterocycles. The summed E-state index contributed by atoms with van der Waals surface area (Å²) in [5.74, 6) is -1.75. The highest BCUT2D eigenvalue weighted by Crippen LogP contribution is 2.39. The normalized spacial score (nSPS) is 16.2. The third-order valence-electron chi connectivity index (χ3n) is 4.93. The molecule has 1 aliphatic rings. The van der Waals surface area contributed by atoms with Crippen LogP contribution in [0, 0.1) is 5.82 Å². The molecule has 8 heteroatoms. The van der Waals surface area contributed by atoms with Crippen LogP contribution in [0.25, 0.3) is 0 Å². The number of amides is 1. The Kier molecular flexibility index (Phi) is 5.29. The van der Waals surface area contributed by atoms with E-state index in [1.165, 1.54) is 16.9 Å². The third-order valence-corrected chi connectivity index (χ3v) is 4.93. The number of aromatic carboxylic acids is 1. The van der Waals surface area contributed by atoms with Gasteiger partial charge in [0.1, 0.15) is 12.4 Å². The van der Waals surface area contributed by atoms with Crippen LogP contribution in [0.1, 0.15) is 48.2 Å². The van der Waals surface area contributed by atoms with Crippen molar-refractivity contribution in [3.8, 4) is 0 Å². The van der Waals surface area contributed by atoms with Gasteiger partial charge in [0.2, 0.25) is 5.91 Å². The van der Waals surface area contributed by atoms with Crippen molar-refractivity contribution in [2.45, 2.75) is 44.1 Å². The predicted octanol–water partition coefficient (Wildman–Crippen LogP) is 2.13. The summed E-state index contributed by atoms with van der Waals surface area (Å²) in [7, 11) is 0. The van der Waals surface area contributed by atoms with Crippen LogP contribution in [0.15, 0.2) is 30.5 Å². The lowest BCUT2D eigenvalue weighted by Gasteiger charge is -2.38. The summed E-state index contributed by atoms with van der Waals surface area (Å²) in [5, 5.41) is 18.9. The molecule has 1 aromatic carbocycles. The highest BCUT2D eigenvalue weighted by Gasteiger charge is 2.34. The van der Waals surface area contributed by atoms with Gasteiger partial charge >= 0.3 is 5.97 Å². The minimum absolute atomic E-state index is 0.112. The van der Waals surface area contributed by atoms with Crippen LogP contribution >= 0.6 is 0 Å². The molecule has 1 saturated carbocycles. The molecule has 0 unspecified atom stereocenters. The Morgan fingerprint density at radius 1 is 1.27 bits per heavy atom. The Balaban J connectivity index is 1.67. The maximum atomic E-state index is 13.7. The summed E-state index contributed by atoms with van der Waals surface area (Å²) in [4.78, 5) is 23.1. The van der Waals surface area contributed by atoms with Gasteiger partial charge in [0, 0.05) is 12.0 Å². The Morgan fingerprint density at radius 2 is 2.04 bits per heavy atom. The fraction of sp³-hybridized carbons (Fsp3) is 0.444. The first-order chi connectivity index (χ1) is 12.5. The summed E-state index contributed by atoms with van der Waals surface area (Å²) in [6.45, 7) is 0.301. The van der Waals surface area contributed by atoms with E-state index in [0.717, 1.165) is 37.7 Å². The number of carbonyl (C=O) groups excluding carboxylic acids is 1. The van der Waals surface area contributed by atoms with Crippen LogP contribution in [0.2, 0.25) is 0 Å². The van der Waals surface area contributed by atoms with Gasteiger partial charge in [0.25, 0.3) is 0 Å². The van der Waals surface area contributed by atoms with Gasteiger partial charge in [0.15, 0.2) is 5.69 Å². The number of nitrogens with one attached hydrogen (secondary N) is 1. The number of hydrogen-bond acceptors (Lipinski definition) is 4. The van der Waals surface area contributed by atoms with Gasteiger partial charge in [-0.25, -0.2) is 13.9 Å². The van der Waals surface area contributed by atoms with Crippen molar-refractivity contribution in [2.24, 2.45) is 0 Å². The summed E-state index contributed by atoms with van der Waals surface area (Å²) in [6, 6.07) is 6.58. The first kappa shape index (κ1) is 18.0. The van der Waals surface area contributed by atoms with Gasteiger partial charge in [-0.1, -0.05) is 36.6 Å². The number of carbonyl (C=O) groups is 2. The predicted molar refractivity (Wildman–Crippen MR) is 91.2 cm³/mol. The quantitative estimate of drug-likeness (QED) is 0.823. The van der Waals surface area contributed by atoms with Crippen LogP contribution < -0.4 is 5.32 Å². The molecular weight excluding hydrogens is 339 g/mol. The monoisotopic (exact) mass is 360 g/mol. The number of carboxylic acids is 1. The number of nitrogens with zero attached hydrogens (tertiary/aromatic N) is 3. The number of halogens is 1. The summed E-state index contributed by atoms with van der Waals surface area (Å²) >= 11 is 0. The maximum Gasteiger partial charge on any atom is 0.358 e. The molecule has 0 bridgehead atoms. The van der Waals surface area contributed by atoms with Crippen molar-refractivity contribution in [3.05, 3.63) is 47.5 Å². The SMILES string of the molecule is O=C(Cn1cc(C(=O)O)nn1)NCC1(c2cccc(F)c2)CCCCC1. The van der Waals surface area contributed by atoms with Gasteiger partial charge < -0.3 is 10.4 Å². The summed E-state index contributed by atoms with van der Waals surface area (Å²) in [5.41, 5.74) is 0.428. The van der Waals surface area contributed by atoms with E-state index in [9.17, 15) is 14.0 Å². The first-order valence-electron chi connectivity index (χ1n) is 8.65. The van der Waals surface area contributed by atoms with Crippen molar-refractivity contribution < 1.29 is 19.1 Å². The number of carboxylic acid groups (broad SMARTS) is 1. The second kappa shape index (κ2) is 7.63. The van der Waals surface area contributed by atoms with Gasteiger partial charge in [-0.05, 0) is 30.5 Å². The molecule has 1 amide bonds. The minimum Gasteiger partial charge on any atom is -0.476 e. The van der Waals surface area contributed by atoms with E-state index >= 15 is 0 Å². The lowest BCUT2D eigenvalue weighted by Crippen LogP contribution is -2.43. The van der Waals surface area contributed by atoms with Crippen LogP contribution in [0.3, 0.4) is 0 Å². The molecule has 1 fully saturated rings. The van der Waals surface area contributed by atoms with Crippen molar-refractivity contribution in [1.82, 2.24) is 20.3 Å². The number of hydrogen-bond donors (Lipinski definition) is 2. The minimum atomic E-state index is -1.19. The largest absolute Gasteiger partial charge is 0.476 e. The van der Waals surface area contributed by atoms with Gasteiger partial charge in [-0.15, -0.1) is 5.10 Å².